The van der Waals surface area contributed by atoms with Gasteiger partial charge < -0.3 is 4.74 Å². The fourth-order valence-corrected chi connectivity index (χ4v) is 3.83. The quantitative estimate of drug-likeness (QED) is 0.623. The normalized spacial score (nSPS) is 17.8. The highest BCUT2D eigenvalue weighted by Crippen LogP contribution is 2.18. The summed E-state index contributed by atoms with van der Waals surface area (Å²) in [6.45, 7) is 6.05. The number of ether oxygens (including phenoxy) is 1. The van der Waals surface area contributed by atoms with Crippen molar-refractivity contribution in [2.45, 2.75) is 39.0 Å². The molecule has 1 aliphatic rings. The Hall–Kier alpha value is -0.910. The summed E-state index contributed by atoms with van der Waals surface area (Å²) in [6, 6.07) is 17.6. The summed E-state index contributed by atoms with van der Waals surface area (Å²) in [4.78, 5) is 2.52. The molecule has 3 rings (SSSR count). The molecule has 1 fully saturated rings. The average molecular weight is 421 g/mol. The van der Waals surface area contributed by atoms with Crippen LogP contribution in [-0.2, 0) is 17.8 Å². The van der Waals surface area contributed by atoms with Gasteiger partial charge in [-0.1, -0.05) is 42.0 Å². The van der Waals surface area contributed by atoms with Crippen LogP contribution in [-0.4, -0.2) is 24.2 Å². The van der Waals surface area contributed by atoms with Gasteiger partial charge in [-0.25, -0.2) is 0 Å². The van der Waals surface area contributed by atoms with Crippen molar-refractivity contribution in [1.82, 2.24) is 4.90 Å². The molecule has 0 aromatic heterocycles. The van der Waals surface area contributed by atoms with Crippen LogP contribution in [0.3, 0.4) is 0 Å². The van der Waals surface area contributed by atoms with Crippen molar-refractivity contribution in [3.05, 3.63) is 68.8 Å². The van der Waals surface area contributed by atoms with Crippen molar-refractivity contribution < 1.29 is 4.74 Å². The number of hydrogen-bond acceptors (Lipinski definition) is 2. The second-order valence-corrected chi connectivity index (χ2v) is 7.67. The van der Waals surface area contributed by atoms with Crippen LogP contribution in [0.4, 0.5) is 0 Å². The molecule has 122 valence electrons. The number of benzene rings is 2. The van der Waals surface area contributed by atoms with E-state index in [-0.39, 0.29) is 0 Å². The molecular formula is C20H24INO. The molecule has 0 amide bonds. The number of rotatable bonds is 6. The van der Waals surface area contributed by atoms with Crippen LogP contribution in [0, 0.1) is 10.5 Å². The van der Waals surface area contributed by atoms with Crippen LogP contribution in [0.15, 0.2) is 48.5 Å². The first-order chi connectivity index (χ1) is 11.2. The Bertz CT molecular complexity index is 590. The van der Waals surface area contributed by atoms with Gasteiger partial charge in [0, 0.05) is 29.8 Å². The van der Waals surface area contributed by atoms with E-state index in [0.29, 0.717) is 6.10 Å². The first-order valence-corrected chi connectivity index (χ1v) is 9.41. The molecule has 0 spiro atoms. The van der Waals surface area contributed by atoms with Crippen LogP contribution in [0.25, 0.3) is 0 Å². The molecule has 1 saturated heterocycles. The molecule has 0 N–H and O–H groups in total. The Kier molecular flexibility index (Phi) is 6.08. The summed E-state index contributed by atoms with van der Waals surface area (Å²) in [5.41, 5.74) is 4.09. The summed E-state index contributed by atoms with van der Waals surface area (Å²) in [6.07, 6.45) is 2.78. The monoisotopic (exact) mass is 421 g/mol. The summed E-state index contributed by atoms with van der Waals surface area (Å²) >= 11 is 2.39. The third-order valence-corrected chi connectivity index (χ3v) is 4.94. The van der Waals surface area contributed by atoms with E-state index in [0.717, 1.165) is 26.2 Å². The van der Waals surface area contributed by atoms with Crippen molar-refractivity contribution in [2.75, 3.05) is 13.2 Å². The molecule has 0 bridgehead atoms. The van der Waals surface area contributed by atoms with E-state index in [1.165, 1.54) is 33.1 Å². The van der Waals surface area contributed by atoms with Crippen LogP contribution in [0.2, 0.25) is 0 Å². The van der Waals surface area contributed by atoms with Crippen LogP contribution in [0.5, 0.6) is 0 Å². The fraction of sp³-hybridized carbons (Fsp3) is 0.400. The number of halogens is 1. The molecule has 1 aliphatic heterocycles. The highest BCUT2D eigenvalue weighted by Gasteiger charge is 2.19. The Morgan fingerprint density at radius 3 is 2.48 bits per heavy atom. The first kappa shape index (κ1) is 16.9. The summed E-state index contributed by atoms with van der Waals surface area (Å²) < 4.78 is 7.16. The zero-order valence-electron chi connectivity index (χ0n) is 13.7. The topological polar surface area (TPSA) is 12.5 Å². The van der Waals surface area contributed by atoms with Crippen molar-refractivity contribution in [3.63, 3.8) is 0 Å². The third kappa shape index (κ3) is 5.30. The second-order valence-electron chi connectivity index (χ2n) is 6.42. The van der Waals surface area contributed by atoms with Gasteiger partial charge >= 0.3 is 0 Å². The van der Waals surface area contributed by atoms with Gasteiger partial charge in [0.25, 0.3) is 0 Å². The highest BCUT2D eigenvalue weighted by molar-refractivity contribution is 14.1. The second kappa shape index (κ2) is 8.27. The molecule has 0 aliphatic carbocycles. The van der Waals surface area contributed by atoms with Gasteiger partial charge in [-0.05, 0) is 65.6 Å². The molecule has 1 unspecified atom stereocenters. The molecule has 0 saturated carbocycles. The first-order valence-electron chi connectivity index (χ1n) is 8.33. The molecule has 2 nitrogen and oxygen atoms in total. The molecule has 0 radical (unpaired) electrons. The van der Waals surface area contributed by atoms with E-state index < -0.39 is 0 Å². The highest BCUT2D eigenvalue weighted by atomic mass is 127. The zero-order chi connectivity index (χ0) is 16.1. The zero-order valence-corrected chi connectivity index (χ0v) is 15.8. The Balaban J connectivity index is 1.72. The van der Waals surface area contributed by atoms with Crippen LogP contribution >= 0.6 is 22.6 Å². The van der Waals surface area contributed by atoms with Crippen molar-refractivity contribution in [1.29, 1.82) is 0 Å². The molecule has 3 heteroatoms. The van der Waals surface area contributed by atoms with Crippen LogP contribution < -0.4 is 0 Å². The molecule has 23 heavy (non-hydrogen) atoms. The van der Waals surface area contributed by atoms with E-state index in [9.17, 15) is 0 Å². The molecule has 2 aromatic carbocycles. The molecule has 2 aromatic rings. The van der Waals surface area contributed by atoms with Gasteiger partial charge in [0.2, 0.25) is 0 Å². The van der Waals surface area contributed by atoms with Crippen molar-refractivity contribution >= 4 is 22.6 Å². The Morgan fingerprint density at radius 2 is 1.83 bits per heavy atom. The standard InChI is InChI=1S/C20H24INO/c1-16-5-2-6-17(11-16)13-22(15-20-9-4-10-23-20)14-18-7-3-8-19(21)12-18/h2-3,5-8,11-12,20H,4,9-10,13-15H2,1H3. The molecule has 1 heterocycles. The third-order valence-electron chi connectivity index (χ3n) is 4.27. The maximum Gasteiger partial charge on any atom is 0.0703 e. The largest absolute Gasteiger partial charge is 0.377 e. The van der Waals surface area contributed by atoms with Gasteiger partial charge in [0.1, 0.15) is 0 Å². The van der Waals surface area contributed by atoms with E-state index in [1.54, 1.807) is 0 Å². The lowest BCUT2D eigenvalue weighted by Gasteiger charge is -2.25. The van der Waals surface area contributed by atoms with Gasteiger partial charge in [0.05, 0.1) is 6.10 Å². The van der Waals surface area contributed by atoms with E-state index in [2.05, 4.69) is 82.9 Å². The van der Waals surface area contributed by atoms with E-state index in [4.69, 9.17) is 4.74 Å². The lowest BCUT2D eigenvalue weighted by Crippen LogP contribution is -2.31. The Labute approximate surface area is 153 Å². The van der Waals surface area contributed by atoms with E-state index >= 15 is 0 Å². The van der Waals surface area contributed by atoms with Crippen LogP contribution in [0.1, 0.15) is 29.5 Å². The van der Waals surface area contributed by atoms with Gasteiger partial charge in [0.15, 0.2) is 0 Å². The minimum atomic E-state index is 0.391. The number of aryl methyl sites for hydroxylation is 1. The molecule has 1 atom stereocenters. The predicted octanol–water partition coefficient (Wildman–Crippen LogP) is 4.78. The molecular weight excluding hydrogens is 397 g/mol. The summed E-state index contributed by atoms with van der Waals surface area (Å²) in [5.74, 6) is 0. The van der Waals surface area contributed by atoms with Crippen molar-refractivity contribution in [3.8, 4) is 0 Å². The average Bonchev–Trinajstić information content (AvgIpc) is 3.00. The van der Waals surface area contributed by atoms with Gasteiger partial charge in [-0.3, -0.25) is 4.90 Å². The maximum atomic E-state index is 5.86. The van der Waals surface area contributed by atoms with Gasteiger partial charge in [-0.15, -0.1) is 0 Å². The number of nitrogens with zero attached hydrogens (tertiary/aromatic N) is 1. The number of hydrogen-bond donors (Lipinski definition) is 0. The van der Waals surface area contributed by atoms with E-state index in [1.807, 2.05) is 0 Å². The Morgan fingerprint density at radius 1 is 1.09 bits per heavy atom. The predicted molar refractivity (Wildman–Crippen MR) is 103 cm³/mol. The smallest absolute Gasteiger partial charge is 0.0703 e. The summed E-state index contributed by atoms with van der Waals surface area (Å²) in [5, 5.41) is 0. The lowest BCUT2D eigenvalue weighted by molar-refractivity contribution is 0.0679. The minimum absolute atomic E-state index is 0.391. The van der Waals surface area contributed by atoms with Crippen molar-refractivity contribution in [2.24, 2.45) is 0 Å². The van der Waals surface area contributed by atoms with Gasteiger partial charge in [-0.2, -0.15) is 0 Å². The lowest BCUT2D eigenvalue weighted by atomic mass is 10.1. The SMILES string of the molecule is Cc1cccc(CN(Cc2cccc(I)c2)CC2CCCO2)c1. The maximum absolute atomic E-state index is 5.86. The summed E-state index contributed by atoms with van der Waals surface area (Å²) in [7, 11) is 0. The fourth-order valence-electron chi connectivity index (χ4n) is 3.22. The minimum Gasteiger partial charge on any atom is -0.377 e.